The van der Waals surface area contributed by atoms with Gasteiger partial charge in [-0.2, -0.15) is 0 Å². The van der Waals surface area contributed by atoms with Gasteiger partial charge in [-0.3, -0.25) is 9.78 Å². The van der Waals surface area contributed by atoms with Gasteiger partial charge in [-0.1, -0.05) is 78.9 Å². The summed E-state index contributed by atoms with van der Waals surface area (Å²) in [7, 11) is 0. The molecule has 1 spiro atoms. The molecule has 5 aromatic rings. The summed E-state index contributed by atoms with van der Waals surface area (Å²) < 4.78 is 25.2. The number of ether oxygens (including phenoxy) is 4. The van der Waals surface area contributed by atoms with Crippen LogP contribution in [0.1, 0.15) is 64.4 Å². The zero-order valence-electron chi connectivity index (χ0n) is 28.4. The van der Waals surface area contributed by atoms with Crippen LogP contribution in [0.3, 0.4) is 0 Å². The molecule has 4 heterocycles. The second-order valence-electron chi connectivity index (χ2n) is 13.5. The Hall–Kier alpha value is -4.55. The molecule has 1 aromatic heterocycles. The Morgan fingerprint density at radius 3 is 2.33 bits per heavy atom. The number of carbonyl (C=O) groups is 1. The number of amides is 1. The number of piperidine rings is 1. The monoisotopic (exact) mass is 686 g/mol. The first-order valence-corrected chi connectivity index (χ1v) is 17.7. The Labute approximate surface area is 297 Å². The van der Waals surface area contributed by atoms with Crippen LogP contribution in [0.2, 0.25) is 0 Å². The average molecular weight is 687 g/mol. The van der Waals surface area contributed by atoms with Crippen LogP contribution >= 0.6 is 0 Å². The fourth-order valence-electron chi connectivity index (χ4n) is 7.22. The molecule has 0 saturated carbocycles. The number of hydrogen-bond donors (Lipinski definition) is 2. The van der Waals surface area contributed by atoms with Crippen LogP contribution in [0.4, 0.5) is 0 Å². The molecule has 0 radical (unpaired) electrons. The lowest BCUT2D eigenvalue weighted by Crippen LogP contribution is -2.48. The molecule has 10 heteroatoms. The third-order valence-electron chi connectivity index (χ3n) is 10.1. The molecule has 3 aliphatic rings. The summed E-state index contributed by atoms with van der Waals surface area (Å²) >= 11 is 0. The molecule has 4 aromatic carbocycles. The van der Waals surface area contributed by atoms with Crippen LogP contribution in [0.15, 0.2) is 103 Å². The van der Waals surface area contributed by atoms with Crippen molar-refractivity contribution < 1.29 is 28.8 Å². The molecule has 3 atom stereocenters. The van der Waals surface area contributed by atoms with Crippen molar-refractivity contribution in [3.05, 3.63) is 131 Å². The zero-order chi connectivity index (χ0) is 34.6. The predicted octanol–water partition coefficient (Wildman–Crippen LogP) is 6.10. The molecule has 10 nitrogen and oxygen atoms in total. The first kappa shape index (κ1) is 33.6. The van der Waals surface area contributed by atoms with Gasteiger partial charge in [0.25, 0.3) is 5.91 Å². The van der Waals surface area contributed by atoms with Crippen LogP contribution in [0.25, 0.3) is 22.2 Å². The van der Waals surface area contributed by atoms with Crippen molar-refractivity contribution in [2.24, 2.45) is 0 Å². The Morgan fingerprint density at radius 2 is 1.57 bits per heavy atom. The first-order chi connectivity index (χ1) is 25.0. The van der Waals surface area contributed by atoms with Crippen molar-refractivity contribution in [1.29, 1.82) is 0 Å². The van der Waals surface area contributed by atoms with Gasteiger partial charge >= 0.3 is 0 Å². The van der Waals surface area contributed by atoms with Crippen molar-refractivity contribution in [3.63, 3.8) is 0 Å². The number of aliphatic hydroxyl groups excluding tert-OH is 1. The maximum absolute atomic E-state index is 12.9. The number of aliphatic hydroxyl groups is 1. The average Bonchev–Trinajstić information content (AvgIpc) is 3.65. The van der Waals surface area contributed by atoms with E-state index in [4.69, 9.17) is 18.9 Å². The summed E-state index contributed by atoms with van der Waals surface area (Å²) in [5.74, 6) is -0.674. The number of hydrogen-bond acceptors (Lipinski definition) is 9. The minimum atomic E-state index is -0.530. The second-order valence-corrected chi connectivity index (χ2v) is 13.5. The van der Waals surface area contributed by atoms with Crippen molar-refractivity contribution in [3.8, 4) is 11.1 Å². The first-order valence-electron chi connectivity index (χ1n) is 17.7. The molecule has 3 saturated heterocycles. The highest BCUT2D eigenvalue weighted by Gasteiger charge is 2.41. The molecular weight excluding hydrogens is 644 g/mol. The number of fused-ring (bicyclic) bond motifs is 1. The van der Waals surface area contributed by atoms with Crippen LogP contribution in [0.5, 0.6) is 0 Å². The molecule has 0 aliphatic carbocycles. The summed E-state index contributed by atoms with van der Waals surface area (Å²) in [4.78, 5) is 24.1. The van der Waals surface area contributed by atoms with Gasteiger partial charge < -0.3 is 34.3 Å². The largest absolute Gasteiger partial charge is 0.392 e. The summed E-state index contributed by atoms with van der Waals surface area (Å²) in [6.07, 6.45) is 3.26. The molecule has 262 valence electrons. The summed E-state index contributed by atoms with van der Waals surface area (Å²) in [5.41, 5.74) is 7.70. The molecule has 1 amide bonds. The quantitative estimate of drug-likeness (QED) is 0.190. The van der Waals surface area contributed by atoms with E-state index >= 15 is 0 Å². The summed E-state index contributed by atoms with van der Waals surface area (Å²) in [5, 5.41) is 12.6. The Balaban J connectivity index is 0.941. The van der Waals surface area contributed by atoms with Crippen LogP contribution in [0, 0.1) is 0 Å². The van der Waals surface area contributed by atoms with Crippen LogP contribution < -0.4 is 5.32 Å². The van der Waals surface area contributed by atoms with E-state index < -0.39 is 12.1 Å². The smallest absolute Gasteiger partial charge is 0.271 e. The van der Waals surface area contributed by atoms with Gasteiger partial charge in [0.1, 0.15) is 5.69 Å². The van der Waals surface area contributed by atoms with E-state index in [2.05, 4.69) is 56.6 Å². The second kappa shape index (κ2) is 15.0. The number of rotatable bonds is 9. The van der Waals surface area contributed by atoms with E-state index in [1.165, 1.54) is 6.20 Å². The number of likely N-dealkylation sites (tertiary alicyclic amines) is 1. The molecule has 3 aliphatic heterocycles. The number of carbonyl (C=O) groups excluding carboxylic acids is 1. The number of para-hydroxylation sites is 2. The summed E-state index contributed by atoms with van der Waals surface area (Å²) in [6.45, 7) is 4.32. The SMILES string of the molecule is O=C(NCc1cccc(-c2ccc([C@H]3O[C@@H](CN4CCC5(CC4)OCCO5)C[C@@H](c4ccc(CO)cc4)O3)cc2)c1)c1cnc2ccccc2n1. The molecule has 8 rings (SSSR count). The van der Waals surface area contributed by atoms with E-state index in [0.29, 0.717) is 25.3 Å². The van der Waals surface area contributed by atoms with E-state index in [9.17, 15) is 9.90 Å². The maximum atomic E-state index is 12.9. The topological polar surface area (TPSA) is 115 Å². The summed E-state index contributed by atoms with van der Waals surface area (Å²) in [6, 6.07) is 32.0. The van der Waals surface area contributed by atoms with Crippen molar-refractivity contribution in [2.75, 3.05) is 32.8 Å². The highest BCUT2D eigenvalue weighted by molar-refractivity contribution is 5.93. The van der Waals surface area contributed by atoms with Gasteiger partial charge in [-0.05, 0) is 46.0 Å². The Morgan fingerprint density at radius 1 is 0.824 bits per heavy atom. The third-order valence-corrected chi connectivity index (χ3v) is 10.1. The molecular formula is C41H42N4O6. The number of aromatic nitrogens is 2. The Bertz CT molecular complexity index is 1950. The van der Waals surface area contributed by atoms with Gasteiger partial charge in [0, 0.05) is 51.0 Å². The third kappa shape index (κ3) is 7.72. The van der Waals surface area contributed by atoms with Gasteiger partial charge in [0.05, 0.1) is 49.3 Å². The lowest BCUT2D eigenvalue weighted by Gasteiger charge is -2.41. The number of nitrogens with one attached hydrogen (secondary N) is 1. The fraction of sp³-hybridized carbons (Fsp3) is 0.341. The van der Waals surface area contributed by atoms with Crippen molar-refractivity contribution in [1.82, 2.24) is 20.2 Å². The molecule has 0 bridgehead atoms. The maximum Gasteiger partial charge on any atom is 0.271 e. The number of benzene rings is 4. The normalized spacial score (nSPS) is 21.9. The zero-order valence-corrected chi connectivity index (χ0v) is 28.4. The van der Waals surface area contributed by atoms with Crippen LogP contribution in [-0.2, 0) is 32.1 Å². The van der Waals surface area contributed by atoms with Gasteiger partial charge in [0.15, 0.2) is 12.1 Å². The van der Waals surface area contributed by atoms with Crippen molar-refractivity contribution in [2.45, 2.75) is 56.7 Å². The van der Waals surface area contributed by atoms with E-state index in [0.717, 1.165) is 77.8 Å². The standard InChI is InChI=1S/C41H42N4O6/c46-27-28-8-10-31(11-9-28)38-23-34(26-45-18-16-41(17-19-45)48-20-21-49-41)50-40(51-38)32-14-12-30(13-15-32)33-5-3-4-29(22-33)24-43-39(47)37-25-42-35-6-1-2-7-36(35)44-37/h1-15,22,25,34,38,40,46H,16-21,23-24,26-27H2,(H,43,47)/t34-,38+,40+/m1/s1. The lowest BCUT2D eigenvalue weighted by molar-refractivity contribution is -0.255. The molecule has 0 unspecified atom stereocenters. The lowest BCUT2D eigenvalue weighted by atomic mass is 9.98. The highest BCUT2D eigenvalue weighted by Crippen LogP contribution is 2.39. The van der Waals surface area contributed by atoms with Gasteiger partial charge in [0.2, 0.25) is 0 Å². The molecule has 2 N–H and O–H groups in total. The minimum absolute atomic E-state index is 0.00839. The van der Waals surface area contributed by atoms with E-state index in [1.807, 2.05) is 60.7 Å². The van der Waals surface area contributed by atoms with Gasteiger partial charge in [-0.25, -0.2) is 4.98 Å². The Kier molecular flexibility index (Phi) is 9.86. The van der Waals surface area contributed by atoms with Crippen LogP contribution in [-0.4, -0.2) is 70.6 Å². The number of nitrogens with zero attached hydrogens (tertiary/aromatic N) is 3. The molecule has 51 heavy (non-hydrogen) atoms. The minimum Gasteiger partial charge on any atom is -0.392 e. The van der Waals surface area contributed by atoms with Gasteiger partial charge in [-0.15, -0.1) is 0 Å². The molecule has 3 fully saturated rings. The van der Waals surface area contributed by atoms with Crippen molar-refractivity contribution >= 4 is 16.9 Å². The highest BCUT2D eigenvalue weighted by atomic mass is 16.7. The predicted molar refractivity (Wildman–Crippen MR) is 191 cm³/mol. The fourth-order valence-corrected chi connectivity index (χ4v) is 7.22. The van der Waals surface area contributed by atoms with E-state index in [-0.39, 0.29) is 30.4 Å². The van der Waals surface area contributed by atoms with E-state index in [1.54, 1.807) is 0 Å².